The van der Waals surface area contributed by atoms with Gasteiger partial charge < -0.3 is 10.2 Å². The van der Waals surface area contributed by atoms with Crippen molar-refractivity contribution >= 4 is 33.2 Å². The molecular weight excluding hydrogens is 331 g/mol. The third-order valence-electron chi connectivity index (χ3n) is 3.56. The summed E-state index contributed by atoms with van der Waals surface area (Å²) < 4.78 is 14.1. The van der Waals surface area contributed by atoms with Crippen LogP contribution in [0.25, 0.3) is 0 Å². The SMILES string of the molecule is CCC1CNC(C)(C)CN1c1c(Cl)cc(F)cc1Br. The van der Waals surface area contributed by atoms with Gasteiger partial charge >= 0.3 is 0 Å². The van der Waals surface area contributed by atoms with Gasteiger partial charge in [-0.3, -0.25) is 0 Å². The largest absolute Gasteiger partial charge is 0.363 e. The Labute approximate surface area is 127 Å². The van der Waals surface area contributed by atoms with Gasteiger partial charge in [-0.1, -0.05) is 18.5 Å². The molecule has 1 atom stereocenters. The molecule has 0 amide bonds. The van der Waals surface area contributed by atoms with Crippen LogP contribution in [-0.4, -0.2) is 24.7 Å². The lowest BCUT2D eigenvalue weighted by molar-refractivity contribution is 0.306. The van der Waals surface area contributed by atoms with Gasteiger partial charge in [0.25, 0.3) is 0 Å². The zero-order valence-electron chi connectivity index (χ0n) is 11.4. The molecule has 2 nitrogen and oxygen atoms in total. The van der Waals surface area contributed by atoms with Crippen LogP contribution in [0.4, 0.5) is 10.1 Å². The van der Waals surface area contributed by atoms with Gasteiger partial charge in [0, 0.05) is 29.1 Å². The molecule has 1 unspecified atom stereocenters. The summed E-state index contributed by atoms with van der Waals surface area (Å²) in [6.07, 6.45) is 1.02. The van der Waals surface area contributed by atoms with Crippen molar-refractivity contribution in [3.63, 3.8) is 0 Å². The minimum atomic E-state index is -0.317. The highest BCUT2D eigenvalue weighted by atomic mass is 79.9. The summed E-state index contributed by atoms with van der Waals surface area (Å²) in [6, 6.07) is 3.22. The van der Waals surface area contributed by atoms with Gasteiger partial charge in [0.1, 0.15) is 5.82 Å². The number of halogens is 3. The Morgan fingerprint density at radius 1 is 1.53 bits per heavy atom. The van der Waals surface area contributed by atoms with E-state index < -0.39 is 0 Å². The minimum Gasteiger partial charge on any atom is -0.363 e. The molecule has 2 rings (SSSR count). The van der Waals surface area contributed by atoms with Crippen LogP contribution >= 0.6 is 27.5 Å². The van der Waals surface area contributed by atoms with E-state index >= 15 is 0 Å². The molecule has 0 aliphatic carbocycles. The van der Waals surface area contributed by atoms with Crippen LogP contribution in [0.1, 0.15) is 27.2 Å². The number of nitrogens with zero attached hydrogens (tertiary/aromatic N) is 1. The van der Waals surface area contributed by atoms with E-state index in [9.17, 15) is 4.39 Å². The van der Waals surface area contributed by atoms with Crippen molar-refractivity contribution in [3.05, 3.63) is 27.4 Å². The summed E-state index contributed by atoms with van der Waals surface area (Å²) in [5.41, 5.74) is 0.910. The van der Waals surface area contributed by atoms with E-state index in [-0.39, 0.29) is 11.4 Å². The highest BCUT2D eigenvalue weighted by Crippen LogP contribution is 2.38. The smallest absolute Gasteiger partial charge is 0.125 e. The number of benzene rings is 1. The first-order valence-corrected chi connectivity index (χ1v) is 7.67. The molecule has 0 saturated carbocycles. The number of rotatable bonds is 2. The third-order valence-corrected chi connectivity index (χ3v) is 4.46. The van der Waals surface area contributed by atoms with Crippen molar-refractivity contribution < 1.29 is 4.39 Å². The molecular formula is C14H19BrClFN2. The summed E-state index contributed by atoms with van der Waals surface area (Å²) >= 11 is 9.69. The molecule has 106 valence electrons. The Morgan fingerprint density at radius 2 is 2.21 bits per heavy atom. The van der Waals surface area contributed by atoms with Crippen molar-refractivity contribution in [2.24, 2.45) is 0 Å². The first kappa shape index (κ1) is 15.1. The summed E-state index contributed by atoms with van der Waals surface area (Å²) in [4.78, 5) is 2.28. The number of anilines is 1. The van der Waals surface area contributed by atoms with Crippen LogP contribution < -0.4 is 10.2 Å². The molecule has 0 aromatic heterocycles. The quantitative estimate of drug-likeness (QED) is 0.860. The lowest BCUT2D eigenvalue weighted by atomic mass is 9.97. The first-order valence-electron chi connectivity index (χ1n) is 6.50. The van der Waals surface area contributed by atoms with E-state index in [0.29, 0.717) is 15.5 Å². The standard InChI is InChI=1S/C14H19BrClFN2/c1-4-10-7-18-14(2,3)8-19(10)13-11(15)5-9(17)6-12(13)16/h5-6,10,18H,4,7-8H2,1-3H3. The number of piperazine rings is 1. The molecule has 1 heterocycles. The van der Waals surface area contributed by atoms with E-state index in [4.69, 9.17) is 11.6 Å². The van der Waals surface area contributed by atoms with E-state index in [0.717, 1.165) is 25.2 Å². The zero-order chi connectivity index (χ0) is 14.2. The summed E-state index contributed by atoms with van der Waals surface area (Å²) in [6.45, 7) is 8.23. The van der Waals surface area contributed by atoms with Gasteiger partial charge in [-0.25, -0.2) is 4.39 Å². The first-order chi connectivity index (χ1) is 8.84. The molecule has 1 saturated heterocycles. The Bertz CT molecular complexity index is 456. The number of hydrogen-bond donors (Lipinski definition) is 1. The predicted molar refractivity (Wildman–Crippen MR) is 82.6 cm³/mol. The number of nitrogens with one attached hydrogen (secondary N) is 1. The minimum absolute atomic E-state index is 0.0167. The molecule has 5 heteroatoms. The molecule has 1 fully saturated rings. The monoisotopic (exact) mass is 348 g/mol. The fourth-order valence-electron chi connectivity index (χ4n) is 2.55. The second kappa shape index (κ2) is 5.58. The normalized spacial score (nSPS) is 22.6. The Morgan fingerprint density at radius 3 is 2.79 bits per heavy atom. The van der Waals surface area contributed by atoms with Crippen LogP contribution in [0.15, 0.2) is 16.6 Å². The van der Waals surface area contributed by atoms with Crippen molar-refractivity contribution in [2.45, 2.75) is 38.8 Å². The maximum absolute atomic E-state index is 13.4. The molecule has 1 N–H and O–H groups in total. The molecule has 1 aliphatic rings. The van der Waals surface area contributed by atoms with E-state index in [1.165, 1.54) is 12.1 Å². The van der Waals surface area contributed by atoms with Crippen molar-refractivity contribution in [1.29, 1.82) is 0 Å². The Balaban J connectivity index is 2.42. The molecule has 0 spiro atoms. The molecule has 1 aromatic carbocycles. The van der Waals surface area contributed by atoms with Crippen LogP contribution in [0, 0.1) is 5.82 Å². The highest BCUT2D eigenvalue weighted by molar-refractivity contribution is 9.10. The predicted octanol–water partition coefficient (Wildman–Crippen LogP) is 4.21. The Kier molecular flexibility index (Phi) is 4.43. The lowest BCUT2D eigenvalue weighted by Crippen LogP contribution is -2.61. The third kappa shape index (κ3) is 3.23. The van der Waals surface area contributed by atoms with Crippen molar-refractivity contribution in [1.82, 2.24) is 5.32 Å². The van der Waals surface area contributed by atoms with Crippen LogP contribution in [0.3, 0.4) is 0 Å². The summed E-state index contributed by atoms with van der Waals surface area (Å²) in [5.74, 6) is -0.317. The molecule has 0 radical (unpaired) electrons. The zero-order valence-corrected chi connectivity index (χ0v) is 13.8. The topological polar surface area (TPSA) is 15.3 Å². The van der Waals surface area contributed by atoms with E-state index in [1.807, 2.05) is 0 Å². The second-order valence-corrected chi connectivity index (χ2v) is 6.93. The van der Waals surface area contributed by atoms with E-state index in [1.54, 1.807) is 0 Å². The number of hydrogen-bond acceptors (Lipinski definition) is 2. The maximum Gasteiger partial charge on any atom is 0.125 e. The fraction of sp³-hybridized carbons (Fsp3) is 0.571. The second-order valence-electron chi connectivity index (χ2n) is 5.67. The molecule has 19 heavy (non-hydrogen) atoms. The van der Waals surface area contributed by atoms with Crippen LogP contribution in [-0.2, 0) is 0 Å². The van der Waals surface area contributed by atoms with Crippen molar-refractivity contribution in [2.75, 3.05) is 18.0 Å². The van der Waals surface area contributed by atoms with Crippen molar-refractivity contribution in [3.8, 4) is 0 Å². The average molecular weight is 350 g/mol. The van der Waals surface area contributed by atoms with Gasteiger partial charge in [0.05, 0.1) is 10.7 Å². The molecule has 1 aliphatic heterocycles. The average Bonchev–Trinajstić information content (AvgIpc) is 2.26. The molecule has 1 aromatic rings. The van der Waals surface area contributed by atoms with Gasteiger partial charge in [0.15, 0.2) is 0 Å². The maximum atomic E-state index is 13.4. The summed E-state index contributed by atoms with van der Waals surface area (Å²) in [7, 11) is 0. The highest BCUT2D eigenvalue weighted by Gasteiger charge is 2.33. The van der Waals surface area contributed by atoms with Gasteiger partial charge in [-0.05, 0) is 48.3 Å². The van der Waals surface area contributed by atoms with Gasteiger partial charge in [-0.15, -0.1) is 0 Å². The lowest BCUT2D eigenvalue weighted by Gasteiger charge is -2.46. The Hall–Kier alpha value is -0.320. The van der Waals surface area contributed by atoms with Gasteiger partial charge in [-0.2, -0.15) is 0 Å². The van der Waals surface area contributed by atoms with Crippen LogP contribution in [0.5, 0.6) is 0 Å². The fourth-order valence-corrected chi connectivity index (χ4v) is 3.64. The van der Waals surface area contributed by atoms with Gasteiger partial charge in [0.2, 0.25) is 0 Å². The van der Waals surface area contributed by atoms with Crippen LogP contribution in [0.2, 0.25) is 5.02 Å². The van der Waals surface area contributed by atoms with E-state index in [2.05, 4.69) is 46.9 Å². The molecule has 0 bridgehead atoms. The summed E-state index contributed by atoms with van der Waals surface area (Å²) in [5, 5.41) is 4.00.